The van der Waals surface area contributed by atoms with Crippen molar-refractivity contribution in [3.63, 3.8) is 0 Å². The van der Waals surface area contributed by atoms with Crippen LogP contribution in [0.5, 0.6) is 0 Å². The van der Waals surface area contributed by atoms with E-state index in [1.165, 1.54) is 19.3 Å². The normalized spacial score (nSPS) is 22.3. The number of carbonyl (C=O) groups is 1. The van der Waals surface area contributed by atoms with Crippen molar-refractivity contribution in [1.82, 2.24) is 10.2 Å². The minimum absolute atomic E-state index is 0.0672. The summed E-state index contributed by atoms with van der Waals surface area (Å²) in [7, 11) is 2.20. The number of hydrogen-bond acceptors (Lipinski definition) is 2. The van der Waals surface area contributed by atoms with Gasteiger partial charge in [-0.1, -0.05) is 68.4 Å². The topological polar surface area (TPSA) is 32.3 Å². The maximum absolute atomic E-state index is 12.3. The second-order valence-electron chi connectivity index (χ2n) is 8.17. The Kier molecular flexibility index (Phi) is 6.18. The summed E-state index contributed by atoms with van der Waals surface area (Å²) in [6.45, 7) is 3.30. The van der Waals surface area contributed by atoms with Crippen LogP contribution in [0.3, 0.4) is 0 Å². The number of rotatable bonds is 9. The lowest BCUT2D eigenvalue weighted by molar-refractivity contribution is -0.121. The number of unbranched alkanes of at least 4 members (excludes halogenated alkanes) is 2. The first-order chi connectivity index (χ1) is 12.6. The van der Waals surface area contributed by atoms with Crippen molar-refractivity contribution in [3.05, 3.63) is 48.6 Å². The number of amides is 1. The summed E-state index contributed by atoms with van der Waals surface area (Å²) in [5.41, 5.74) is -0.221. The van der Waals surface area contributed by atoms with Crippen molar-refractivity contribution >= 4 is 5.91 Å². The molecule has 1 fully saturated rings. The largest absolute Gasteiger partial charge is 0.353 e. The van der Waals surface area contributed by atoms with Crippen molar-refractivity contribution in [3.8, 4) is 0 Å². The van der Waals surface area contributed by atoms with Gasteiger partial charge in [-0.25, -0.2) is 0 Å². The van der Waals surface area contributed by atoms with E-state index in [4.69, 9.17) is 0 Å². The number of carbonyl (C=O) groups excluding carboxylic acids is 1. The van der Waals surface area contributed by atoms with Crippen LogP contribution in [0.25, 0.3) is 0 Å². The van der Waals surface area contributed by atoms with Gasteiger partial charge in [-0.2, -0.15) is 0 Å². The first-order valence-electron chi connectivity index (χ1n) is 10.3. The first kappa shape index (κ1) is 19.2. The maximum atomic E-state index is 12.3. The van der Waals surface area contributed by atoms with Gasteiger partial charge in [0.25, 0.3) is 0 Å². The van der Waals surface area contributed by atoms with Crippen molar-refractivity contribution in [1.29, 1.82) is 0 Å². The van der Waals surface area contributed by atoms with Gasteiger partial charge >= 0.3 is 0 Å². The standard InChI is InChI=1S/C23H34N2O/c1-3-4-8-19-25(2)23(14-11-21(26)24-20-9-10-20)17-15-22(16-18-23)12-6-5-7-13-22/h6-7,12-13,15-18,20H,3-5,8-11,14,19H2,1-2H3,(H,24,26). The molecule has 3 heteroatoms. The number of likely N-dealkylation sites (N-methyl/N-ethyl adjacent to an activating group) is 1. The van der Waals surface area contributed by atoms with Gasteiger partial charge in [0.05, 0.1) is 5.54 Å². The Morgan fingerprint density at radius 3 is 2.38 bits per heavy atom. The molecule has 0 aliphatic heterocycles. The fourth-order valence-electron chi connectivity index (χ4n) is 3.85. The minimum Gasteiger partial charge on any atom is -0.353 e. The van der Waals surface area contributed by atoms with Gasteiger partial charge in [0, 0.05) is 17.9 Å². The van der Waals surface area contributed by atoms with E-state index in [0.717, 1.165) is 32.2 Å². The molecule has 3 nitrogen and oxygen atoms in total. The second kappa shape index (κ2) is 8.39. The van der Waals surface area contributed by atoms with Gasteiger partial charge in [-0.05, 0) is 45.7 Å². The fraction of sp³-hybridized carbons (Fsp3) is 0.609. The van der Waals surface area contributed by atoms with Gasteiger partial charge in [0.15, 0.2) is 0 Å². The van der Waals surface area contributed by atoms with Crippen molar-refractivity contribution in [2.24, 2.45) is 5.41 Å². The summed E-state index contributed by atoms with van der Waals surface area (Å²) in [6.07, 6.45) is 26.8. The van der Waals surface area contributed by atoms with E-state index < -0.39 is 0 Å². The molecule has 26 heavy (non-hydrogen) atoms. The van der Waals surface area contributed by atoms with Crippen LogP contribution in [-0.4, -0.2) is 36.0 Å². The summed E-state index contributed by atoms with van der Waals surface area (Å²) in [5, 5.41) is 3.13. The van der Waals surface area contributed by atoms with Crippen LogP contribution in [0, 0.1) is 5.41 Å². The SMILES string of the molecule is CCCCCN(C)C1(CCC(=O)NC2CC2)C=CC2(C=CCC=C2)C=C1. The van der Waals surface area contributed by atoms with Crippen molar-refractivity contribution in [2.75, 3.05) is 13.6 Å². The molecule has 1 N–H and O–H groups in total. The molecule has 0 atom stereocenters. The molecule has 1 saturated carbocycles. The highest BCUT2D eigenvalue weighted by molar-refractivity contribution is 5.76. The maximum Gasteiger partial charge on any atom is 0.220 e. The van der Waals surface area contributed by atoms with Gasteiger partial charge in [-0.3, -0.25) is 9.69 Å². The Morgan fingerprint density at radius 1 is 1.08 bits per heavy atom. The Labute approximate surface area is 158 Å². The highest BCUT2D eigenvalue weighted by Crippen LogP contribution is 2.38. The van der Waals surface area contributed by atoms with Crippen LogP contribution in [0.15, 0.2) is 48.6 Å². The number of nitrogens with one attached hydrogen (secondary N) is 1. The van der Waals surface area contributed by atoms with Gasteiger partial charge in [0.2, 0.25) is 5.91 Å². The molecule has 0 aromatic heterocycles. The second-order valence-corrected chi connectivity index (χ2v) is 8.17. The molecule has 1 spiro atoms. The Bertz CT molecular complexity index is 582. The predicted octanol–water partition coefficient (Wildman–Crippen LogP) is 4.53. The van der Waals surface area contributed by atoms with E-state index in [2.05, 4.69) is 72.8 Å². The molecular weight excluding hydrogens is 320 g/mol. The molecule has 0 unspecified atom stereocenters. The number of hydrogen-bond donors (Lipinski definition) is 1. The zero-order valence-corrected chi connectivity index (χ0v) is 16.4. The van der Waals surface area contributed by atoms with E-state index in [1.807, 2.05) is 0 Å². The van der Waals surface area contributed by atoms with Crippen LogP contribution in [-0.2, 0) is 4.79 Å². The molecule has 0 aromatic rings. The highest BCUT2D eigenvalue weighted by Gasteiger charge is 2.35. The molecule has 1 amide bonds. The van der Waals surface area contributed by atoms with E-state index in [9.17, 15) is 4.79 Å². The Balaban J connectivity index is 1.69. The monoisotopic (exact) mass is 354 g/mol. The highest BCUT2D eigenvalue weighted by atomic mass is 16.1. The van der Waals surface area contributed by atoms with E-state index >= 15 is 0 Å². The third-order valence-electron chi connectivity index (χ3n) is 5.91. The lowest BCUT2D eigenvalue weighted by Crippen LogP contribution is -2.46. The van der Waals surface area contributed by atoms with E-state index in [0.29, 0.717) is 12.5 Å². The van der Waals surface area contributed by atoms with E-state index in [1.54, 1.807) is 0 Å². The molecule has 0 bridgehead atoms. The lowest BCUT2D eigenvalue weighted by Gasteiger charge is -2.41. The quantitative estimate of drug-likeness (QED) is 0.487. The van der Waals surface area contributed by atoms with Crippen LogP contribution in [0.2, 0.25) is 0 Å². The first-order valence-corrected chi connectivity index (χ1v) is 10.3. The van der Waals surface area contributed by atoms with Gasteiger partial charge < -0.3 is 5.32 Å². The molecule has 0 radical (unpaired) electrons. The van der Waals surface area contributed by atoms with Crippen LogP contribution in [0.1, 0.15) is 58.3 Å². The van der Waals surface area contributed by atoms with Crippen molar-refractivity contribution in [2.45, 2.75) is 69.9 Å². The third-order valence-corrected chi connectivity index (χ3v) is 5.91. The molecule has 3 aliphatic rings. The summed E-state index contributed by atoms with van der Waals surface area (Å²) in [4.78, 5) is 14.7. The molecule has 0 saturated heterocycles. The number of allylic oxidation sites excluding steroid dienone is 6. The predicted molar refractivity (Wildman–Crippen MR) is 109 cm³/mol. The van der Waals surface area contributed by atoms with E-state index in [-0.39, 0.29) is 16.9 Å². The zero-order valence-electron chi connectivity index (χ0n) is 16.4. The Hall–Kier alpha value is -1.61. The van der Waals surface area contributed by atoms with Gasteiger partial charge in [0.1, 0.15) is 0 Å². The molecule has 0 aromatic carbocycles. The smallest absolute Gasteiger partial charge is 0.220 e. The molecular formula is C23H34N2O. The molecule has 142 valence electrons. The summed E-state index contributed by atoms with van der Waals surface area (Å²) in [5.74, 6) is 0.202. The van der Waals surface area contributed by atoms with Crippen molar-refractivity contribution < 1.29 is 4.79 Å². The average molecular weight is 355 g/mol. The van der Waals surface area contributed by atoms with Crippen LogP contribution < -0.4 is 5.32 Å². The minimum atomic E-state index is -0.154. The van der Waals surface area contributed by atoms with Gasteiger partial charge in [-0.15, -0.1) is 0 Å². The molecule has 0 heterocycles. The fourth-order valence-corrected chi connectivity index (χ4v) is 3.85. The third kappa shape index (κ3) is 4.76. The van der Waals surface area contributed by atoms with Crippen LogP contribution in [0.4, 0.5) is 0 Å². The average Bonchev–Trinajstić information content (AvgIpc) is 3.46. The molecule has 3 rings (SSSR count). The zero-order chi connectivity index (χ0) is 18.5. The van der Waals surface area contributed by atoms with Crippen LogP contribution >= 0.6 is 0 Å². The summed E-state index contributed by atoms with van der Waals surface area (Å²) < 4.78 is 0. The Morgan fingerprint density at radius 2 is 1.77 bits per heavy atom. The summed E-state index contributed by atoms with van der Waals surface area (Å²) >= 11 is 0. The molecule has 3 aliphatic carbocycles. The summed E-state index contributed by atoms with van der Waals surface area (Å²) in [6, 6.07) is 0.443. The lowest BCUT2D eigenvalue weighted by atomic mass is 9.75. The number of nitrogens with zero attached hydrogens (tertiary/aromatic N) is 1.